The lowest BCUT2D eigenvalue weighted by atomic mass is 10.1. The molecule has 0 atom stereocenters. The van der Waals surface area contributed by atoms with E-state index in [-0.39, 0.29) is 5.91 Å². The number of ether oxygens (including phenoxy) is 1. The molecule has 0 aliphatic carbocycles. The molecule has 1 fully saturated rings. The Morgan fingerprint density at radius 2 is 2.09 bits per heavy atom. The summed E-state index contributed by atoms with van der Waals surface area (Å²) in [6.45, 7) is 4.90. The maximum Gasteiger partial charge on any atom is 0.227 e. The highest BCUT2D eigenvalue weighted by Gasteiger charge is 2.21. The molecule has 124 valence electrons. The van der Waals surface area contributed by atoms with Gasteiger partial charge in [-0.1, -0.05) is 0 Å². The highest BCUT2D eigenvalue weighted by molar-refractivity contribution is 5.87. The number of hydrogen-bond acceptors (Lipinski definition) is 4. The van der Waals surface area contributed by atoms with Crippen molar-refractivity contribution in [3.8, 4) is 0 Å². The van der Waals surface area contributed by atoms with Gasteiger partial charge in [-0.2, -0.15) is 0 Å². The first-order chi connectivity index (χ1) is 11.2. The Kier molecular flexibility index (Phi) is 4.93. The zero-order valence-corrected chi connectivity index (χ0v) is 13.9. The average Bonchev–Trinajstić information content (AvgIpc) is 2.91. The van der Waals surface area contributed by atoms with Crippen LogP contribution in [0.3, 0.4) is 0 Å². The topological polar surface area (TPSA) is 50.6 Å². The number of likely N-dealkylation sites (N-methyl/N-ethyl adjacent to an activating group) is 1. The fraction of sp³-hybridized carbons (Fsp3) is 0.529. The second kappa shape index (κ2) is 7.10. The van der Waals surface area contributed by atoms with Crippen LogP contribution in [0.2, 0.25) is 0 Å². The molecule has 23 heavy (non-hydrogen) atoms. The van der Waals surface area contributed by atoms with E-state index < -0.39 is 0 Å². The van der Waals surface area contributed by atoms with Crippen LogP contribution in [0.25, 0.3) is 11.0 Å². The number of hydrogen-bond donors (Lipinski definition) is 0. The Labute approximate surface area is 136 Å². The first-order valence-electron chi connectivity index (χ1n) is 8.07. The summed E-state index contributed by atoms with van der Waals surface area (Å²) in [6, 6.07) is 3.96. The number of fused-ring (bicyclic) bond motifs is 1. The first-order valence-corrected chi connectivity index (χ1v) is 8.07. The van der Waals surface area contributed by atoms with Gasteiger partial charge in [0.05, 0.1) is 13.0 Å². The number of aromatic nitrogens is 2. The van der Waals surface area contributed by atoms with E-state index in [1.165, 1.54) is 0 Å². The minimum atomic E-state index is 0.202. The van der Waals surface area contributed by atoms with Crippen LogP contribution in [-0.2, 0) is 22.5 Å². The van der Waals surface area contributed by atoms with Crippen molar-refractivity contribution in [2.45, 2.75) is 13.0 Å². The Balaban J connectivity index is 1.78. The Morgan fingerprint density at radius 3 is 2.83 bits per heavy atom. The minimum absolute atomic E-state index is 0.202. The van der Waals surface area contributed by atoms with Crippen LogP contribution in [-0.4, -0.2) is 72.2 Å². The number of carbonyl (C=O) groups excluding carboxylic acids is 1. The molecule has 1 saturated heterocycles. The van der Waals surface area contributed by atoms with Crippen molar-refractivity contribution in [1.82, 2.24) is 19.4 Å². The van der Waals surface area contributed by atoms with E-state index >= 15 is 0 Å². The lowest BCUT2D eigenvalue weighted by Crippen LogP contribution is -2.47. The molecule has 0 radical (unpaired) electrons. The number of nitrogens with zero attached hydrogens (tertiary/aromatic N) is 4. The van der Waals surface area contributed by atoms with Gasteiger partial charge in [0.15, 0.2) is 0 Å². The van der Waals surface area contributed by atoms with Crippen molar-refractivity contribution in [3.05, 3.63) is 30.1 Å². The van der Waals surface area contributed by atoms with E-state index in [0.29, 0.717) is 13.0 Å². The lowest BCUT2D eigenvalue weighted by Gasteiger charge is -2.32. The highest BCUT2D eigenvalue weighted by Crippen LogP contribution is 2.20. The second-order valence-corrected chi connectivity index (χ2v) is 6.08. The number of rotatable bonds is 5. The molecule has 3 rings (SSSR count). The number of amides is 1. The molecule has 0 bridgehead atoms. The van der Waals surface area contributed by atoms with Gasteiger partial charge >= 0.3 is 0 Å². The predicted molar refractivity (Wildman–Crippen MR) is 89.4 cm³/mol. The summed E-state index contributed by atoms with van der Waals surface area (Å²) < 4.78 is 7.24. The number of carbonyl (C=O) groups is 1. The van der Waals surface area contributed by atoms with Gasteiger partial charge in [0, 0.05) is 57.6 Å². The molecule has 0 unspecified atom stereocenters. The molecule has 3 heterocycles. The van der Waals surface area contributed by atoms with E-state index in [1.54, 1.807) is 13.3 Å². The normalized spacial score (nSPS) is 16.2. The van der Waals surface area contributed by atoms with Gasteiger partial charge in [-0.25, -0.2) is 4.98 Å². The van der Waals surface area contributed by atoms with Crippen molar-refractivity contribution in [1.29, 1.82) is 0 Å². The van der Waals surface area contributed by atoms with E-state index in [2.05, 4.69) is 21.5 Å². The maximum atomic E-state index is 12.6. The predicted octanol–water partition coefficient (Wildman–Crippen LogP) is 0.999. The maximum absolute atomic E-state index is 12.6. The fourth-order valence-corrected chi connectivity index (χ4v) is 3.03. The zero-order valence-electron chi connectivity index (χ0n) is 13.9. The summed E-state index contributed by atoms with van der Waals surface area (Å²) in [4.78, 5) is 21.3. The van der Waals surface area contributed by atoms with E-state index in [1.807, 2.05) is 23.2 Å². The Bertz CT molecular complexity index is 674. The van der Waals surface area contributed by atoms with Crippen LogP contribution in [0.5, 0.6) is 0 Å². The van der Waals surface area contributed by atoms with Crippen LogP contribution in [0, 0.1) is 0 Å². The smallest absolute Gasteiger partial charge is 0.227 e. The van der Waals surface area contributed by atoms with Gasteiger partial charge in [-0.3, -0.25) is 4.79 Å². The monoisotopic (exact) mass is 316 g/mol. The summed E-state index contributed by atoms with van der Waals surface area (Å²) in [7, 11) is 3.79. The highest BCUT2D eigenvalue weighted by atomic mass is 16.5. The molecule has 1 aliphatic heterocycles. The molecule has 0 N–H and O–H groups in total. The van der Waals surface area contributed by atoms with Crippen molar-refractivity contribution >= 4 is 16.9 Å². The van der Waals surface area contributed by atoms with Crippen LogP contribution in [0.1, 0.15) is 5.56 Å². The summed E-state index contributed by atoms with van der Waals surface area (Å²) in [5.41, 5.74) is 1.97. The van der Waals surface area contributed by atoms with E-state index in [0.717, 1.165) is 49.3 Å². The van der Waals surface area contributed by atoms with Crippen molar-refractivity contribution in [3.63, 3.8) is 0 Å². The van der Waals surface area contributed by atoms with Gasteiger partial charge in [0.25, 0.3) is 0 Å². The van der Waals surface area contributed by atoms with Crippen LogP contribution >= 0.6 is 0 Å². The van der Waals surface area contributed by atoms with Crippen LogP contribution < -0.4 is 0 Å². The quantitative estimate of drug-likeness (QED) is 0.826. The molecule has 1 aliphatic rings. The number of piperazine rings is 1. The van der Waals surface area contributed by atoms with Crippen molar-refractivity contribution in [2.75, 3.05) is 46.9 Å². The standard InChI is InChI=1S/C17H24N4O2/c1-19-6-8-20(9-7-19)16(22)12-14-13-21(10-11-23-2)17-15(14)4-3-5-18-17/h3-5,13H,6-12H2,1-2H3. The molecular formula is C17H24N4O2. The van der Waals surface area contributed by atoms with Gasteiger partial charge < -0.3 is 19.1 Å². The molecule has 1 amide bonds. The van der Waals surface area contributed by atoms with Crippen molar-refractivity contribution < 1.29 is 9.53 Å². The summed E-state index contributed by atoms with van der Waals surface area (Å²) in [5.74, 6) is 0.202. The SMILES string of the molecule is COCCn1cc(CC(=O)N2CCN(C)CC2)c2cccnc21. The van der Waals surface area contributed by atoms with Gasteiger partial charge in [-0.05, 0) is 24.7 Å². The zero-order chi connectivity index (χ0) is 16.2. The molecule has 0 spiro atoms. The second-order valence-electron chi connectivity index (χ2n) is 6.08. The molecule has 0 saturated carbocycles. The van der Waals surface area contributed by atoms with E-state index in [4.69, 9.17) is 4.74 Å². The molecule has 0 aromatic carbocycles. The molecule has 2 aromatic rings. The summed E-state index contributed by atoms with van der Waals surface area (Å²) in [6.07, 6.45) is 4.27. The first kappa shape index (κ1) is 16.0. The minimum Gasteiger partial charge on any atom is -0.383 e. The molecule has 6 nitrogen and oxygen atoms in total. The largest absolute Gasteiger partial charge is 0.383 e. The fourth-order valence-electron chi connectivity index (χ4n) is 3.03. The summed E-state index contributed by atoms with van der Waals surface area (Å²) >= 11 is 0. The van der Waals surface area contributed by atoms with Gasteiger partial charge in [0.1, 0.15) is 5.65 Å². The third-order valence-electron chi connectivity index (χ3n) is 4.45. The Hall–Kier alpha value is -1.92. The third-order valence-corrected chi connectivity index (χ3v) is 4.45. The molecule has 6 heteroatoms. The van der Waals surface area contributed by atoms with E-state index in [9.17, 15) is 4.79 Å². The number of pyridine rings is 1. The van der Waals surface area contributed by atoms with Crippen molar-refractivity contribution in [2.24, 2.45) is 0 Å². The average molecular weight is 316 g/mol. The van der Waals surface area contributed by atoms with Gasteiger partial charge in [0.2, 0.25) is 5.91 Å². The van der Waals surface area contributed by atoms with Crippen LogP contribution in [0.15, 0.2) is 24.5 Å². The number of methoxy groups -OCH3 is 1. The van der Waals surface area contributed by atoms with Crippen LogP contribution in [0.4, 0.5) is 0 Å². The Morgan fingerprint density at radius 1 is 1.30 bits per heavy atom. The third kappa shape index (κ3) is 3.54. The lowest BCUT2D eigenvalue weighted by molar-refractivity contribution is -0.132. The molecule has 2 aromatic heterocycles. The summed E-state index contributed by atoms with van der Waals surface area (Å²) in [5, 5.41) is 1.06. The van der Waals surface area contributed by atoms with Gasteiger partial charge in [-0.15, -0.1) is 0 Å². The molecular weight excluding hydrogens is 292 g/mol.